The van der Waals surface area contributed by atoms with Gasteiger partial charge in [-0.05, 0) is 18.1 Å². The zero-order chi connectivity index (χ0) is 17.4. The molecule has 0 saturated heterocycles. The van der Waals surface area contributed by atoms with Gasteiger partial charge in [0.05, 0.1) is 13.5 Å². The zero-order valence-corrected chi connectivity index (χ0v) is 13.6. The van der Waals surface area contributed by atoms with Gasteiger partial charge in [-0.3, -0.25) is 9.59 Å². The van der Waals surface area contributed by atoms with Gasteiger partial charge < -0.3 is 14.7 Å². The highest BCUT2D eigenvalue weighted by molar-refractivity contribution is 5.83. The minimum atomic E-state index is -1.02. The summed E-state index contributed by atoms with van der Waals surface area (Å²) < 4.78 is 5.25. The van der Waals surface area contributed by atoms with Crippen molar-refractivity contribution in [1.82, 2.24) is 4.90 Å². The number of hydrogen-bond donors (Lipinski definition) is 1. The molecule has 0 radical (unpaired) electrons. The predicted octanol–water partition coefficient (Wildman–Crippen LogP) is 2.39. The molecular formula is C19H21NO4. The Morgan fingerprint density at radius 2 is 1.71 bits per heavy atom. The second kappa shape index (κ2) is 8.72. The van der Waals surface area contributed by atoms with Gasteiger partial charge >= 0.3 is 5.97 Å². The van der Waals surface area contributed by atoms with Gasteiger partial charge in [-0.25, -0.2) is 0 Å². The van der Waals surface area contributed by atoms with Crippen molar-refractivity contribution in [2.24, 2.45) is 0 Å². The predicted molar refractivity (Wildman–Crippen MR) is 91.1 cm³/mol. The standard InChI is InChI=1S/C19H21NO4/c1-24-17-10-6-5-9-16(17)13-18(21)20(14-19(22)23)12-11-15-7-3-2-4-8-15/h2-10H,11-14H2,1H3,(H,22,23). The number of benzene rings is 2. The summed E-state index contributed by atoms with van der Waals surface area (Å²) in [6, 6.07) is 17.0. The lowest BCUT2D eigenvalue weighted by Gasteiger charge is -2.21. The lowest BCUT2D eigenvalue weighted by Crippen LogP contribution is -2.38. The first-order valence-electron chi connectivity index (χ1n) is 7.75. The molecule has 0 aliphatic heterocycles. The molecule has 1 N–H and O–H groups in total. The average Bonchev–Trinajstić information content (AvgIpc) is 2.59. The van der Waals surface area contributed by atoms with Crippen LogP contribution in [0.3, 0.4) is 0 Å². The fourth-order valence-electron chi connectivity index (χ4n) is 2.49. The first-order chi connectivity index (χ1) is 11.6. The summed E-state index contributed by atoms with van der Waals surface area (Å²) in [6.07, 6.45) is 0.734. The Kier molecular flexibility index (Phi) is 6.37. The molecule has 0 atom stereocenters. The maximum absolute atomic E-state index is 12.5. The molecule has 2 aromatic rings. The molecule has 5 nitrogen and oxygen atoms in total. The third kappa shape index (κ3) is 5.12. The molecule has 0 spiro atoms. The number of methoxy groups -OCH3 is 1. The Balaban J connectivity index is 2.05. The van der Waals surface area contributed by atoms with Crippen LogP contribution in [0.5, 0.6) is 5.75 Å². The van der Waals surface area contributed by atoms with Gasteiger partial charge in [-0.2, -0.15) is 0 Å². The molecule has 0 saturated carbocycles. The third-order valence-electron chi connectivity index (χ3n) is 3.73. The summed E-state index contributed by atoms with van der Waals surface area (Å²) >= 11 is 0. The Morgan fingerprint density at radius 1 is 1.04 bits per heavy atom. The summed E-state index contributed by atoms with van der Waals surface area (Å²) in [4.78, 5) is 25.0. The van der Waals surface area contributed by atoms with Gasteiger partial charge in [0.25, 0.3) is 0 Å². The molecule has 0 heterocycles. The molecule has 0 unspecified atom stereocenters. The molecule has 0 aliphatic carbocycles. The molecular weight excluding hydrogens is 306 g/mol. The molecule has 24 heavy (non-hydrogen) atoms. The lowest BCUT2D eigenvalue weighted by atomic mass is 10.1. The number of amides is 1. The van der Waals surface area contributed by atoms with Crippen LogP contribution in [0.15, 0.2) is 54.6 Å². The highest BCUT2D eigenvalue weighted by Gasteiger charge is 2.18. The summed E-state index contributed by atoms with van der Waals surface area (Å²) in [7, 11) is 1.55. The highest BCUT2D eigenvalue weighted by Crippen LogP contribution is 2.18. The van der Waals surface area contributed by atoms with E-state index in [1.807, 2.05) is 48.5 Å². The monoisotopic (exact) mass is 327 g/mol. The van der Waals surface area contributed by atoms with Crippen LogP contribution in [0.4, 0.5) is 0 Å². The van der Waals surface area contributed by atoms with Crippen molar-refractivity contribution >= 4 is 11.9 Å². The molecule has 2 rings (SSSR count). The van der Waals surface area contributed by atoms with Gasteiger partial charge in [-0.1, -0.05) is 48.5 Å². The van der Waals surface area contributed by atoms with Crippen molar-refractivity contribution in [3.05, 3.63) is 65.7 Å². The van der Waals surface area contributed by atoms with Crippen molar-refractivity contribution in [1.29, 1.82) is 0 Å². The molecule has 126 valence electrons. The zero-order valence-electron chi connectivity index (χ0n) is 13.6. The minimum Gasteiger partial charge on any atom is -0.496 e. The van der Waals surface area contributed by atoms with E-state index in [1.54, 1.807) is 13.2 Å². The first kappa shape index (κ1) is 17.5. The molecule has 0 fully saturated rings. The number of carboxylic acid groups (broad SMARTS) is 1. The van der Waals surface area contributed by atoms with Gasteiger partial charge in [0, 0.05) is 12.1 Å². The van der Waals surface area contributed by atoms with Crippen LogP contribution in [-0.2, 0) is 22.4 Å². The van der Waals surface area contributed by atoms with Gasteiger partial charge in [0.1, 0.15) is 12.3 Å². The van der Waals surface area contributed by atoms with E-state index in [1.165, 1.54) is 4.90 Å². The van der Waals surface area contributed by atoms with Crippen LogP contribution in [0.1, 0.15) is 11.1 Å². The van der Waals surface area contributed by atoms with Crippen molar-refractivity contribution in [3.63, 3.8) is 0 Å². The van der Waals surface area contributed by atoms with Crippen LogP contribution in [0.25, 0.3) is 0 Å². The van der Waals surface area contributed by atoms with E-state index >= 15 is 0 Å². The second-order valence-corrected chi connectivity index (χ2v) is 5.43. The van der Waals surface area contributed by atoms with Crippen molar-refractivity contribution < 1.29 is 19.4 Å². The SMILES string of the molecule is COc1ccccc1CC(=O)N(CCc1ccccc1)CC(=O)O. The minimum absolute atomic E-state index is 0.117. The number of carboxylic acids is 1. The molecule has 0 aliphatic rings. The molecule has 2 aromatic carbocycles. The van der Waals surface area contributed by atoms with Crippen LogP contribution in [0.2, 0.25) is 0 Å². The van der Waals surface area contributed by atoms with Crippen LogP contribution in [-0.4, -0.2) is 42.1 Å². The number of hydrogen-bond acceptors (Lipinski definition) is 3. The van der Waals surface area contributed by atoms with Crippen molar-refractivity contribution in [2.75, 3.05) is 20.2 Å². The number of carbonyl (C=O) groups excluding carboxylic acids is 1. The van der Waals surface area contributed by atoms with E-state index in [4.69, 9.17) is 9.84 Å². The molecule has 0 aromatic heterocycles. The number of nitrogens with zero attached hydrogens (tertiary/aromatic N) is 1. The smallest absolute Gasteiger partial charge is 0.323 e. The Bertz CT molecular complexity index is 685. The first-order valence-corrected chi connectivity index (χ1v) is 7.75. The Labute approximate surface area is 141 Å². The fraction of sp³-hybridized carbons (Fsp3) is 0.263. The fourth-order valence-corrected chi connectivity index (χ4v) is 2.49. The van der Waals surface area contributed by atoms with Crippen LogP contribution < -0.4 is 4.74 Å². The van der Waals surface area contributed by atoms with Gasteiger partial charge in [-0.15, -0.1) is 0 Å². The van der Waals surface area contributed by atoms with E-state index < -0.39 is 5.97 Å². The summed E-state index contributed by atoms with van der Waals surface area (Å²) in [5.74, 6) is -0.613. The summed E-state index contributed by atoms with van der Waals surface area (Å²) in [5.41, 5.74) is 1.82. The molecule has 5 heteroatoms. The summed E-state index contributed by atoms with van der Waals surface area (Å²) in [5, 5.41) is 9.08. The van der Waals surface area contributed by atoms with E-state index in [0.717, 1.165) is 11.1 Å². The lowest BCUT2D eigenvalue weighted by molar-refractivity contribution is -0.144. The van der Waals surface area contributed by atoms with Crippen molar-refractivity contribution in [3.8, 4) is 5.75 Å². The Morgan fingerprint density at radius 3 is 2.38 bits per heavy atom. The number of para-hydroxylation sites is 1. The molecule has 1 amide bonds. The third-order valence-corrected chi connectivity index (χ3v) is 3.73. The number of aliphatic carboxylic acids is 1. The number of rotatable bonds is 8. The number of carbonyl (C=O) groups is 2. The van der Waals surface area contributed by atoms with Gasteiger partial charge in [0.15, 0.2) is 0 Å². The highest BCUT2D eigenvalue weighted by atomic mass is 16.5. The largest absolute Gasteiger partial charge is 0.496 e. The van der Waals surface area contributed by atoms with E-state index in [-0.39, 0.29) is 18.9 Å². The maximum Gasteiger partial charge on any atom is 0.323 e. The average molecular weight is 327 g/mol. The van der Waals surface area contributed by atoms with E-state index in [9.17, 15) is 9.59 Å². The van der Waals surface area contributed by atoms with E-state index in [0.29, 0.717) is 18.7 Å². The second-order valence-electron chi connectivity index (χ2n) is 5.43. The quantitative estimate of drug-likeness (QED) is 0.808. The maximum atomic E-state index is 12.5. The normalized spacial score (nSPS) is 10.2. The number of ether oxygens (including phenoxy) is 1. The Hall–Kier alpha value is -2.82. The summed E-state index contributed by atoms with van der Waals surface area (Å²) in [6.45, 7) is 0.0606. The topological polar surface area (TPSA) is 66.8 Å². The van der Waals surface area contributed by atoms with Crippen LogP contribution >= 0.6 is 0 Å². The molecule has 0 bridgehead atoms. The van der Waals surface area contributed by atoms with Crippen LogP contribution in [0, 0.1) is 0 Å². The van der Waals surface area contributed by atoms with Crippen molar-refractivity contribution in [2.45, 2.75) is 12.8 Å². The van der Waals surface area contributed by atoms with Gasteiger partial charge in [0.2, 0.25) is 5.91 Å². The van der Waals surface area contributed by atoms with E-state index in [2.05, 4.69) is 0 Å².